The van der Waals surface area contributed by atoms with Gasteiger partial charge >= 0.3 is 0 Å². The summed E-state index contributed by atoms with van der Waals surface area (Å²) in [5.41, 5.74) is 0. The predicted molar refractivity (Wildman–Crippen MR) is 112 cm³/mol. The molecule has 4 nitrogen and oxygen atoms in total. The Morgan fingerprint density at radius 1 is 0.808 bits per heavy atom. The zero-order valence-corrected chi connectivity index (χ0v) is 18.4. The quantitative estimate of drug-likeness (QED) is 0.248. The maximum Gasteiger partial charge on any atom is 0.168 e. The lowest BCUT2D eigenvalue weighted by atomic mass is 9.88. The smallest absolute Gasteiger partial charge is 0.168 e. The van der Waals surface area contributed by atoms with Gasteiger partial charge in [0.15, 0.2) is 5.79 Å². The fraction of sp³-hybridized carbons (Fsp3) is 1.00. The fourth-order valence-corrected chi connectivity index (χ4v) is 3.75. The number of ether oxygens (including phenoxy) is 2. The van der Waals surface area contributed by atoms with Crippen molar-refractivity contribution in [3.63, 3.8) is 0 Å². The van der Waals surface area contributed by atoms with Gasteiger partial charge in [-0.2, -0.15) is 0 Å². The zero-order valence-electron chi connectivity index (χ0n) is 18.4. The predicted octanol–water partition coefficient (Wildman–Crippen LogP) is 5.24. The van der Waals surface area contributed by atoms with Gasteiger partial charge in [-0.1, -0.05) is 45.4 Å². The normalized spacial score (nSPS) is 13.5. The molecule has 26 heavy (non-hydrogen) atoms. The molecule has 158 valence electrons. The Morgan fingerprint density at radius 3 is 1.92 bits per heavy atom. The molecule has 0 amide bonds. The SMILES string of the molecule is CCCCCCCCC(CCCN(C)CCCO)C(C)(OCC)OCC. The van der Waals surface area contributed by atoms with Crippen LogP contribution in [0.4, 0.5) is 0 Å². The molecule has 1 atom stereocenters. The van der Waals surface area contributed by atoms with Crippen LogP contribution in [0.2, 0.25) is 0 Å². The van der Waals surface area contributed by atoms with Gasteiger partial charge < -0.3 is 19.5 Å². The molecule has 0 aromatic rings. The molecule has 1 unspecified atom stereocenters. The minimum absolute atomic E-state index is 0.276. The van der Waals surface area contributed by atoms with Crippen molar-refractivity contribution in [2.45, 2.75) is 97.7 Å². The third-order valence-electron chi connectivity index (χ3n) is 5.30. The van der Waals surface area contributed by atoms with Crippen molar-refractivity contribution in [1.29, 1.82) is 0 Å². The van der Waals surface area contributed by atoms with E-state index in [1.807, 2.05) is 0 Å². The molecule has 0 fully saturated rings. The minimum Gasteiger partial charge on any atom is -0.396 e. The van der Waals surface area contributed by atoms with Crippen LogP contribution in [-0.4, -0.2) is 55.8 Å². The van der Waals surface area contributed by atoms with E-state index in [-0.39, 0.29) is 6.61 Å². The van der Waals surface area contributed by atoms with Crippen molar-refractivity contribution in [2.24, 2.45) is 5.92 Å². The van der Waals surface area contributed by atoms with Crippen molar-refractivity contribution in [3.8, 4) is 0 Å². The van der Waals surface area contributed by atoms with Crippen molar-refractivity contribution >= 4 is 0 Å². The maximum absolute atomic E-state index is 8.97. The number of aliphatic hydroxyl groups is 1. The van der Waals surface area contributed by atoms with E-state index in [0.717, 1.165) is 32.4 Å². The lowest BCUT2D eigenvalue weighted by molar-refractivity contribution is -0.254. The van der Waals surface area contributed by atoms with Crippen LogP contribution in [0.25, 0.3) is 0 Å². The summed E-state index contributed by atoms with van der Waals surface area (Å²) in [6, 6.07) is 0. The fourth-order valence-electron chi connectivity index (χ4n) is 3.75. The molecule has 1 N–H and O–H groups in total. The Hall–Kier alpha value is -0.160. The Kier molecular flexibility index (Phi) is 16.9. The average Bonchev–Trinajstić information content (AvgIpc) is 2.61. The van der Waals surface area contributed by atoms with Crippen LogP contribution in [0, 0.1) is 5.92 Å². The molecule has 0 aromatic carbocycles. The van der Waals surface area contributed by atoms with Gasteiger partial charge in [-0.3, -0.25) is 0 Å². The molecule has 0 heterocycles. The summed E-state index contributed by atoms with van der Waals surface area (Å²) < 4.78 is 12.2. The summed E-state index contributed by atoms with van der Waals surface area (Å²) in [5.74, 6) is -0.0174. The lowest BCUT2D eigenvalue weighted by Crippen LogP contribution is -2.41. The molecule has 0 saturated carbocycles. The number of hydrogen-bond acceptors (Lipinski definition) is 4. The highest BCUT2D eigenvalue weighted by Crippen LogP contribution is 2.32. The van der Waals surface area contributed by atoms with E-state index in [1.54, 1.807) is 0 Å². The van der Waals surface area contributed by atoms with Gasteiger partial charge in [-0.25, -0.2) is 0 Å². The zero-order chi connectivity index (χ0) is 19.7. The third kappa shape index (κ3) is 12.3. The first kappa shape index (κ1) is 25.8. The van der Waals surface area contributed by atoms with E-state index in [1.165, 1.54) is 44.9 Å². The first-order chi connectivity index (χ1) is 12.5. The van der Waals surface area contributed by atoms with E-state index in [2.05, 4.69) is 39.6 Å². The maximum atomic E-state index is 8.97. The van der Waals surface area contributed by atoms with Crippen LogP contribution < -0.4 is 0 Å². The van der Waals surface area contributed by atoms with Crippen LogP contribution in [-0.2, 0) is 9.47 Å². The highest BCUT2D eigenvalue weighted by atomic mass is 16.7. The molecule has 0 aliphatic carbocycles. The van der Waals surface area contributed by atoms with Gasteiger partial charge in [0.2, 0.25) is 0 Å². The molecule has 4 heteroatoms. The molecule has 0 bridgehead atoms. The second kappa shape index (κ2) is 17.0. The van der Waals surface area contributed by atoms with Crippen molar-refractivity contribution in [1.82, 2.24) is 4.90 Å². The molecule has 0 aromatic heterocycles. The van der Waals surface area contributed by atoms with E-state index in [9.17, 15) is 0 Å². The molecule has 0 spiro atoms. The number of unbranched alkanes of at least 4 members (excludes halogenated alkanes) is 5. The van der Waals surface area contributed by atoms with Crippen LogP contribution >= 0.6 is 0 Å². The van der Waals surface area contributed by atoms with E-state index < -0.39 is 5.79 Å². The molecular weight excluding hydrogens is 326 g/mol. The van der Waals surface area contributed by atoms with Crippen LogP contribution in [0.5, 0.6) is 0 Å². The van der Waals surface area contributed by atoms with Crippen molar-refractivity contribution in [2.75, 3.05) is 40.0 Å². The summed E-state index contributed by atoms with van der Waals surface area (Å²) in [5, 5.41) is 8.97. The number of rotatable bonds is 19. The van der Waals surface area contributed by atoms with Gasteiger partial charge in [0, 0.05) is 32.3 Å². The highest BCUT2D eigenvalue weighted by molar-refractivity contribution is 4.76. The summed E-state index contributed by atoms with van der Waals surface area (Å²) >= 11 is 0. The number of hydrogen-bond donors (Lipinski definition) is 1. The second-order valence-electron chi connectivity index (χ2n) is 7.66. The van der Waals surface area contributed by atoms with E-state index in [0.29, 0.717) is 19.1 Å². The standard InChI is InChI=1S/C22H47NO3/c1-6-9-10-11-12-13-16-21(22(4,25-7-2)26-8-3)17-14-18-23(5)19-15-20-24/h21,24H,6-20H2,1-5H3. The summed E-state index contributed by atoms with van der Waals surface area (Å²) in [6.45, 7) is 12.2. The average molecular weight is 374 g/mol. The lowest BCUT2D eigenvalue weighted by Gasteiger charge is -2.37. The molecule has 0 aliphatic heterocycles. The van der Waals surface area contributed by atoms with Crippen LogP contribution in [0.15, 0.2) is 0 Å². The Bertz CT molecular complexity index is 293. The molecule has 0 aliphatic rings. The van der Waals surface area contributed by atoms with Gasteiger partial charge in [-0.15, -0.1) is 0 Å². The van der Waals surface area contributed by atoms with Crippen LogP contribution in [0.3, 0.4) is 0 Å². The Labute approximate surface area is 163 Å². The highest BCUT2D eigenvalue weighted by Gasteiger charge is 2.34. The third-order valence-corrected chi connectivity index (χ3v) is 5.30. The first-order valence-corrected chi connectivity index (χ1v) is 11.1. The minimum atomic E-state index is -0.462. The monoisotopic (exact) mass is 373 g/mol. The second-order valence-corrected chi connectivity index (χ2v) is 7.66. The molecule has 0 radical (unpaired) electrons. The largest absolute Gasteiger partial charge is 0.396 e. The molecule has 0 rings (SSSR count). The summed E-state index contributed by atoms with van der Waals surface area (Å²) in [7, 11) is 2.14. The molecule has 0 saturated heterocycles. The van der Waals surface area contributed by atoms with Gasteiger partial charge in [0.1, 0.15) is 0 Å². The van der Waals surface area contributed by atoms with Gasteiger partial charge in [-0.05, 0) is 60.0 Å². The van der Waals surface area contributed by atoms with Crippen LogP contribution in [0.1, 0.15) is 91.9 Å². The van der Waals surface area contributed by atoms with Gasteiger partial charge in [0.25, 0.3) is 0 Å². The number of nitrogens with zero attached hydrogens (tertiary/aromatic N) is 1. The topological polar surface area (TPSA) is 41.9 Å². The summed E-state index contributed by atoms with van der Waals surface area (Å²) in [4.78, 5) is 2.32. The van der Waals surface area contributed by atoms with E-state index >= 15 is 0 Å². The summed E-state index contributed by atoms with van der Waals surface area (Å²) in [6.07, 6.45) is 12.3. The van der Waals surface area contributed by atoms with E-state index in [4.69, 9.17) is 14.6 Å². The first-order valence-electron chi connectivity index (χ1n) is 11.1. The van der Waals surface area contributed by atoms with Crippen molar-refractivity contribution < 1.29 is 14.6 Å². The Morgan fingerprint density at radius 2 is 1.35 bits per heavy atom. The van der Waals surface area contributed by atoms with Crippen molar-refractivity contribution in [3.05, 3.63) is 0 Å². The molecular formula is C22H47NO3. The number of aliphatic hydroxyl groups excluding tert-OH is 1. The Balaban J connectivity index is 4.51. The van der Waals surface area contributed by atoms with Gasteiger partial charge in [0.05, 0.1) is 0 Å².